The molecule has 1 fully saturated rings. The summed E-state index contributed by atoms with van der Waals surface area (Å²) in [6.45, 7) is 0. The molecule has 19 heavy (non-hydrogen) atoms. The van der Waals surface area contributed by atoms with E-state index >= 15 is 0 Å². The van der Waals surface area contributed by atoms with Crippen LogP contribution in [0, 0.1) is 5.92 Å². The number of alkyl halides is 2. The highest BCUT2D eigenvalue weighted by Crippen LogP contribution is 2.57. The van der Waals surface area contributed by atoms with Gasteiger partial charge in [-0.25, -0.2) is 8.78 Å². The molecule has 0 aromatic heterocycles. The topological polar surface area (TPSA) is 52.3 Å². The van der Waals surface area contributed by atoms with Crippen LogP contribution in [0.4, 0.5) is 14.5 Å². The molecule has 1 saturated carbocycles. The Labute approximate surface area is 114 Å². The molecule has 0 aliphatic heterocycles. The van der Waals surface area contributed by atoms with Crippen LogP contribution in [0.15, 0.2) is 18.2 Å². The summed E-state index contributed by atoms with van der Waals surface area (Å²) in [7, 11) is 1.24. The van der Waals surface area contributed by atoms with Crippen molar-refractivity contribution in [2.45, 2.75) is 24.7 Å². The second kappa shape index (κ2) is 4.96. The van der Waals surface area contributed by atoms with Crippen molar-refractivity contribution >= 4 is 23.3 Å². The number of carbonyl (C=O) groups is 1. The third kappa shape index (κ3) is 2.97. The minimum atomic E-state index is -2.72. The number of hydrogen-bond donors (Lipinski definition) is 1. The van der Waals surface area contributed by atoms with E-state index in [9.17, 15) is 13.6 Å². The van der Waals surface area contributed by atoms with Crippen molar-refractivity contribution < 1.29 is 18.3 Å². The number of anilines is 1. The molecule has 2 unspecified atom stereocenters. The lowest BCUT2D eigenvalue weighted by Crippen LogP contribution is -2.14. The van der Waals surface area contributed by atoms with Crippen molar-refractivity contribution in [2.75, 3.05) is 12.8 Å². The number of benzene rings is 1. The lowest BCUT2D eigenvalue weighted by Gasteiger charge is -2.16. The number of carbonyl (C=O) groups excluding carboxylic acids is 1. The van der Waals surface area contributed by atoms with Crippen molar-refractivity contribution in [3.63, 3.8) is 0 Å². The van der Waals surface area contributed by atoms with Gasteiger partial charge in [0.2, 0.25) is 0 Å². The van der Waals surface area contributed by atoms with Crippen molar-refractivity contribution in [3.05, 3.63) is 28.8 Å². The maximum atomic E-state index is 13.3. The number of rotatable bonds is 4. The molecule has 2 rings (SSSR count). The third-order valence-corrected chi connectivity index (χ3v) is 3.77. The Morgan fingerprint density at radius 2 is 2.26 bits per heavy atom. The minimum absolute atomic E-state index is 0.0855. The first-order chi connectivity index (χ1) is 8.85. The third-order valence-electron chi connectivity index (χ3n) is 3.42. The van der Waals surface area contributed by atoms with E-state index in [1.807, 2.05) is 0 Å². The molecule has 1 aromatic rings. The molecule has 2 N–H and O–H groups in total. The van der Waals surface area contributed by atoms with Gasteiger partial charge in [0.1, 0.15) is 0 Å². The summed E-state index contributed by atoms with van der Waals surface area (Å²) in [5, 5.41) is 0.364. The van der Waals surface area contributed by atoms with Gasteiger partial charge in [-0.05, 0) is 17.7 Å². The van der Waals surface area contributed by atoms with Crippen molar-refractivity contribution in [1.82, 2.24) is 0 Å². The van der Waals surface area contributed by atoms with Crippen molar-refractivity contribution in [3.8, 4) is 0 Å². The number of nitrogens with two attached hydrogens (primary N) is 1. The molecule has 1 aliphatic rings. The summed E-state index contributed by atoms with van der Waals surface area (Å²) in [6.07, 6.45) is -0.297. The lowest BCUT2D eigenvalue weighted by molar-refractivity contribution is -0.141. The maximum Gasteiger partial charge on any atom is 0.306 e. The van der Waals surface area contributed by atoms with Gasteiger partial charge in [0.05, 0.1) is 24.2 Å². The van der Waals surface area contributed by atoms with Crippen LogP contribution in [-0.2, 0) is 9.53 Å². The molecular weight excluding hydrogens is 276 g/mol. The lowest BCUT2D eigenvalue weighted by atomic mass is 9.90. The Morgan fingerprint density at radius 3 is 2.74 bits per heavy atom. The van der Waals surface area contributed by atoms with E-state index in [2.05, 4.69) is 4.74 Å². The SMILES string of the molecule is COC(=O)CC(c1ccc(Cl)c(N)c1)C1CC1(F)F. The summed E-state index contributed by atoms with van der Waals surface area (Å²) in [6, 6.07) is 4.72. The quantitative estimate of drug-likeness (QED) is 0.684. The zero-order chi connectivity index (χ0) is 14.2. The van der Waals surface area contributed by atoms with Gasteiger partial charge >= 0.3 is 5.97 Å². The molecule has 0 bridgehead atoms. The number of hydrogen-bond acceptors (Lipinski definition) is 3. The Morgan fingerprint density at radius 1 is 1.63 bits per heavy atom. The smallest absolute Gasteiger partial charge is 0.306 e. The molecular formula is C13H14ClF2NO2. The van der Waals surface area contributed by atoms with Crippen LogP contribution in [0.1, 0.15) is 24.3 Å². The summed E-state index contributed by atoms with van der Waals surface area (Å²) < 4.78 is 31.1. The van der Waals surface area contributed by atoms with E-state index in [4.69, 9.17) is 17.3 Å². The normalized spacial score (nSPS) is 21.8. The highest BCUT2D eigenvalue weighted by molar-refractivity contribution is 6.33. The molecule has 0 saturated heterocycles. The zero-order valence-electron chi connectivity index (χ0n) is 10.3. The summed E-state index contributed by atoms with van der Waals surface area (Å²) >= 11 is 5.80. The van der Waals surface area contributed by atoms with Crippen LogP contribution < -0.4 is 5.73 Å². The first kappa shape index (κ1) is 14.1. The molecule has 0 amide bonds. The van der Waals surface area contributed by atoms with Gasteiger partial charge in [0.25, 0.3) is 5.92 Å². The van der Waals surface area contributed by atoms with E-state index in [1.165, 1.54) is 7.11 Å². The summed E-state index contributed by atoms with van der Waals surface area (Å²) in [5.74, 6) is -4.66. The fourth-order valence-corrected chi connectivity index (χ4v) is 2.34. The van der Waals surface area contributed by atoms with Crippen LogP contribution in [0.3, 0.4) is 0 Å². The standard InChI is InChI=1S/C13H14ClF2NO2/c1-19-12(18)5-8(9-6-13(9,15)16)7-2-3-10(14)11(17)4-7/h2-4,8-9H,5-6,17H2,1H3. The van der Waals surface area contributed by atoms with Gasteiger partial charge < -0.3 is 10.5 Å². The number of nitrogen functional groups attached to an aromatic ring is 1. The van der Waals surface area contributed by atoms with Crippen LogP contribution in [0.25, 0.3) is 0 Å². The first-order valence-electron chi connectivity index (χ1n) is 5.84. The number of methoxy groups -OCH3 is 1. The predicted molar refractivity (Wildman–Crippen MR) is 68.3 cm³/mol. The van der Waals surface area contributed by atoms with E-state index in [0.29, 0.717) is 16.3 Å². The van der Waals surface area contributed by atoms with Crippen LogP contribution >= 0.6 is 11.6 Å². The average molecular weight is 290 g/mol. The van der Waals surface area contributed by atoms with Gasteiger partial charge in [0.15, 0.2) is 0 Å². The second-order valence-corrected chi connectivity index (χ2v) is 5.15. The molecule has 1 aromatic carbocycles. The van der Waals surface area contributed by atoms with Crippen molar-refractivity contribution in [1.29, 1.82) is 0 Å². The van der Waals surface area contributed by atoms with E-state index in [0.717, 1.165) is 0 Å². The molecule has 0 spiro atoms. The van der Waals surface area contributed by atoms with Gasteiger partial charge in [-0.3, -0.25) is 4.79 Å². The average Bonchev–Trinajstić information content (AvgIpc) is 2.98. The Balaban J connectivity index is 2.26. The van der Waals surface area contributed by atoms with Gasteiger partial charge in [-0.2, -0.15) is 0 Å². The number of esters is 1. The number of ether oxygens (including phenoxy) is 1. The highest BCUT2D eigenvalue weighted by atomic mass is 35.5. The Kier molecular flexibility index (Phi) is 3.67. The summed E-state index contributed by atoms with van der Waals surface area (Å²) in [4.78, 5) is 11.4. The molecule has 2 atom stereocenters. The molecule has 0 heterocycles. The Bertz CT molecular complexity index is 507. The zero-order valence-corrected chi connectivity index (χ0v) is 11.1. The Hall–Kier alpha value is -1.36. The number of halogens is 3. The van der Waals surface area contributed by atoms with Crippen molar-refractivity contribution in [2.24, 2.45) is 5.92 Å². The van der Waals surface area contributed by atoms with Gasteiger partial charge in [-0.15, -0.1) is 0 Å². The van der Waals surface area contributed by atoms with E-state index < -0.39 is 23.7 Å². The van der Waals surface area contributed by atoms with Gasteiger partial charge in [-0.1, -0.05) is 17.7 Å². The molecule has 104 valence electrons. The first-order valence-corrected chi connectivity index (χ1v) is 6.22. The minimum Gasteiger partial charge on any atom is -0.469 e. The highest BCUT2D eigenvalue weighted by Gasteiger charge is 2.60. The second-order valence-electron chi connectivity index (χ2n) is 4.74. The monoisotopic (exact) mass is 289 g/mol. The van der Waals surface area contributed by atoms with E-state index in [1.54, 1.807) is 18.2 Å². The fourth-order valence-electron chi connectivity index (χ4n) is 2.22. The van der Waals surface area contributed by atoms with Crippen LogP contribution in [0.5, 0.6) is 0 Å². The predicted octanol–water partition coefficient (Wildman–Crippen LogP) is 3.22. The van der Waals surface area contributed by atoms with Crippen LogP contribution in [0.2, 0.25) is 5.02 Å². The molecule has 3 nitrogen and oxygen atoms in total. The van der Waals surface area contributed by atoms with Gasteiger partial charge in [0, 0.05) is 18.3 Å². The van der Waals surface area contributed by atoms with Crippen LogP contribution in [-0.4, -0.2) is 19.0 Å². The molecule has 1 aliphatic carbocycles. The maximum absolute atomic E-state index is 13.3. The largest absolute Gasteiger partial charge is 0.469 e. The molecule has 0 radical (unpaired) electrons. The summed E-state index contributed by atoms with van der Waals surface area (Å²) in [5.41, 5.74) is 6.58. The fraction of sp³-hybridized carbons (Fsp3) is 0.462. The molecule has 6 heteroatoms. The van der Waals surface area contributed by atoms with E-state index in [-0.39, 0.29) is 12.8 Å².